The number of nitrogens with two attached hydrogens (primary N) is 3. The highest BCUT2D eigenvalue weighted by atomic mass is 16.5. The molecule has 0 saturated heterocycles. The van der Waals surface area contributed by atoms with Gasteiger partial charge in [-0.05, 0) is 77.3 Å². The summed E-state index contributed by atoms with van der Waals surface area (Å²) < 4.78 is 5.44. The molecule has 2 atom stereocenters. The molecule has 332 valence electrons. The topological polar surface area (TPSA) is 265 Å². The highest BCUT2D eigenvalue weighted by Crippen LogP contribution is 2.12. The summed E-state index contributed by atoms with van der Waals surface area (Å²) in [7, 11) is 0. The number of nitrogens with zero attached hydrogens (tertiary/aromatic N) is 2. The third kappa shape index (κ3) is 37.8. The lowest BCUT2D eigenvalue weighted by atomic mass is 10.1. The Kier molecular flexibility index (Phi) is 35.7. The average Bonchev–Trinajstić information content (AvgIpc) is 3.17. The molecule has 0 aromatic heterocycles. The number of amides is 3. The second-order valence-electron chi connectivity index (χ2n) is 15.1. The Labute approximate surface area is 342 Å². The Bertz CT molecular complexity index is 1090. The molecule has 0 aromatic rings. The van der Waals surface area contributed by atoms with Gasteiger partial charge in [0.05, 0.1) is 31.8 Å². The first-order valence-corrected chi connectivity index (χ1v) is 21.8. The fourth-order valence-electron chi connectivity index (χ4n) is 6.26. The van der Waals surface area contributed by atoms with Crippen molar-refractivity contribution in [2.24, 2.45) is 22.2 Å². The van der Waals surface area contributed by atoms with Crippen molar-refractivity contribution in [3.63, 3.8) is 0 Å². The molecule has 0 heterocycles. The van der Waals surface area contributed by atoms with Gasteiger partial charge in [-0.1, -0.05) is 84.0 Å². The molecule has 16 nitrogen and oxygen atoms in total. The predicted octanol–water partition coefficient (Wildman–Crippen LogP) is 3.61. The number of aliphatic hydroxyl groups is 1. The number of hydrogen-bond acceptors (Lipinski definition) is 10. The van der Waals surface area contributed by atoms with Crippen molar-refractivity contribution in [1.29, 1.82) is 0 Å². The number of carbonyl (C=O) groups excluding carboxylic acids is 4. The summed E-state index contributed by atoms with van der Waals surface area (Å²) in [5, 5.41) is 27.3. The first kappa shape index (κ1) is 53.5. The zero-order chi connectivity index (χ0) is 42.4. The number of unbranched alkanes of at least 4 members (excludes halogenated alkanes) is 15. The third-order valence-corrected chi connectivity index (χ3v) is 9.66. The number of aliphatic hydroxyl groups excluding tert-OH is 1. The summed E-state index contributed by atoms with van der Waals surface area (Å²) in [5.41, 5.74) is 16.3. The molecule has 0 aliphatic heterocycles. The zero-order valence-corrected chi connectivity index (χ0v) is 35.3. The van der Waals surface area contributed by atoms with Crippen molar-refractivity contribution in [3.05, 3.63) is 0 Å². The Morgan fingerprint density at radius 3 is 1.88 bits per heavy atom. The summed E-state index contributed by atoms with van der Waals surface area (Å²) in [6.07, 6.45) is 21.1. The Morgan fingerprint density at radius 2 is 1.23 bits per heavy atom. The van der Waals surface area contributed by atoms with Crippen LogP contribution in [0.5, 0.6) is 0 Å². The maximum Gasteiger partial charge on any atom is 0.305 e. The number of nitrogens with one attached hydrogen (secondary N) is 3. The Hall–Kier alpha value is -3.50. The molecule has 0 fully saturated rings. The number of carboxylic acids is 1. The first-order valence-electron chi connectivity index (χ1n) is 21.8. The third-order valence-electron chi connectivity index (χ3n) is 9.66. The van der Waals surface area contributed by atoms with Gasteiger partial charge in [-0.25, -0.2) is 0 Å². The first-order chi connectivity index (χ1) is 27.4. The molecule has 16 heteroatoms. The highest BCUT2D eigenvalue weighted by Gasteiger charge is 2.15. The maximum absolute atomic E-state index is 12.2. The van der Waals surface area contributed by atoms with Crippen molar-refractivity contribution in [1.82, 2.24) is 20.9 Å². The van der Waals surface area contributed by atoms with Gasteiger partial charge in [0.25, 0.3) is 0 Å². The van der Waals surface area contributed by atoms with Crippen LogP contribution in [0.3, 0.4) is 0 Å². The monoisotopic (exact) mass is 813 g/mol. The minimum absolute atomic E-state index is 0.0346. The molecule has 0 aromatic carbocycles. The van der Waals surface area contributed by atoms with Gasteiger partial charge in [0.15, 0.2) is 5.96 Å². The molecule has 0 aliphatic carbocycles. The van der Waals surface area contributed by atoms with Crippen LogP contribution in [0.2, 0.25) is 0 Å². The summed E-state index contributed by atoms with van der Waals surface area (Å²) in [6, 6.07) is -0.808. The van der Waals surface area contributed by atoms with E-state index in [1.165, 1.54) is 44.9 Å². The van der Waals surface area contributed by atoms with Crippen molar-refractivity contribution in [2.45, 2.75) is 173 Å². The Morgan fingerprint density at radius 1 is 0.667 bits per heavy atom. The van der Waals surface area contributed by atoms with E-state index in [0.717, 1.165) is 70.9 Å². The van der Waals surface area contributed by atoms with Crippen molar-refractivity contribution < 1.29 is 38.9 Å². The number of rotatable bonds is 40. The van der Waals surface area contributed by atoms with Crippen LogP contribution >= 0.6 is 0 Å². The molecule has 2 unspecified atom stereocenters. The van der Waals surface area contributed by atoms with Crippen LogP contribution in [0.4, 0.5) is 0 Å². The summed E-state index contributed by atoms with van der Waals surface area (Å²) >= 11 is 0. The number of aliphatic carboxylic acids is 1. The number of esters is 1. The van der Waals surface area contributed by atoms with Crippen LogP contribution in [0, 0.1) is 0 Å². The number of aliphatic imine (C=N–C) groups is 1. The van der Waals surface area contributed by atoms with E-state index in [0.29, 0.717) is 71.2 Å². The Balaban J connectivity index is 4.30. The van der Waals surface area contributed by atoms with Crippen LogP contribution in [-0.2, 0) is 28.7 Å². The maximum atomic E-state index is 12.2. The van der Waals surface area contributed by atoms with Gasteiger partial charge < -0.3 is 53.0 Å². The van der Waals surface area contributed by atoms with E-state index in [1.54, 1.807) is 0 Å². The predicted molar refractivity (Wildman–Crippen MR) is 225 cm³/mol. The second kappa shape index (κ2) is 38.0. The van der Waals surface area contributed by atoms with E-state index in [-0.39, 0.29) is 37.3 Å². The molecule has 57 heavy (non-hydrogen) atoms. The molecule has 0 bridgehead atoms. The number of carboxylic acid groups (broad SMARTS) is 1. The second-order valence-corrected chi connectivity index (χ2v) is 15.1. The van der Waals surface area contributed by atoms with Gasteiger partial charge in [-0.3, -0.25) is 29.0 Å². The van der Waals surface area contributed by atoms with E-state index in [1.807, 2.05) is 0 Å². The fourth-order valence-corrected chi connectivity index (χ4v) is 6.26. The van der Waals surface area contributed by atoms with Crippen molar-refractivity contribution in [2.75, 3.05) is 52.4 Å². The lowest BCUT2D eigenvalue weighted by Crippen LogP contribution is -2.46. The lowest BCUT2D eigenvalue weighted by Gasteiger charge is -2.25. The molecule has 0 radical (unpaired) electrons. The van der Waals surface area contributed by atoms with Gasteiger partial charge in [0.2, 0.25) is 17.7 Å². The zero-order valence-electron chi connectivity index (χ0n) is 35.3. The summed E-state index contributed by atoms with van der Waals surface area (Å²) in [4.78, 5) is 65.4. The average molecular weight is 813 g/mol. The molecule has 3 amide bonds. The standard InChI is InChI=1S/C41H80N8O8/c1-2-3-4-5-6-7-8-12-20-30-57-39(55)25-15-13-19-29-49(28-18-11-9-10-14-24-38(53)54)33-34(50)22-16-17-26-45-36(51)31-47-37(52)32-48-40(56)35(42)23-21-27-46-41(43)44/h34-35,50H,2-33,42H2,1H3,(H,45,51)(H,47,52)(H,48,56)(H,53,54)(H4,43,44,46). The van der Waals surface area contributed by atoms with Crippen LogP contribution in [-0.4, -0.2) is 115 Å². The minimum Gasteiger partial charge on any atom is -0.481 e. The van der Waals surface area contributed by atoms with E-state index >= 15 is 0 Å². The lowest BCUT2D eigenvalue weighted by molar-refractivity contribution is -0.144. The number of hydrogen-bond donors (Lipinski definition) is 8. The fraction of sp³-hybridized carbons (Fsp3) is 0.854. The molecular weight excluding hydrogens is 732 g/mol. The van der Waals surface area contributed by atoms with E-state index in [2.05, 4.69) is 32.8 Å². The molecule has 0 rings (SSSR count). The van der Waals surface area contributed by atoms with Gasteiger partial charge in [-0.2, -0.15) is 0 Å². The number of carbonyl (C=O) groups is 5. The normalized spacial score (nSPS) is 12.1. The van der Waals surface area contributed by atoms with E-state index in [4.69, 9.17) is 27.0 Å². The molecule has 0 aliphatic rings. The SMILES string of the molecule is CCCCCCCCCCCOC(=O)CCCCCN(CCCCCCCC(=O)O)CC(O)CCCCNC(=O)CNC(=O)CNC(=O)C(N)CCCN=C(N)N. The quantitative estimate of drug-likeness (QED) is 0.0191. The van der Waals surface area contributed by atoms with Gasteiger partial charge in [0.1, 0.15) is 0 Å². The number of guanidine groups is 1. The van der Waals surface area contributed by atoms with Crippen LogP contribution in [0.15, 0.2) is 4.99 Å². The molecular formula is C41H80N8O8. The van der Waals surface area contributed by atoms with E-state index < -0.39 is 29.9 Å². The van der Waals surface area contributed by atoms with Gasteiger partial charge in [-0.15, -0.1) is 0 Å². The van der Waals surface area contributed by atoms with Crippen molar-refractivity contribution in [3.8, 4) is 0 Å². The smallest absolute Gasteiger partial charge is 0.305 e. The van der Waals surface area contributed by atoms with Crippen LogP contribution in [0.1, 0.15) is 161 Å². The molecule has 11 N–H and O–H groups in total. The summed E-state index contributed by atoms with van der Waals surface area (Å²) in [6.45, 7) is 5.16. The summed E-state index contributed by atoms with van der Waals surface area (Å²) in [5.74, 6) is -2.27. The highest BCUT2D eigenvalue weighted by molar-refractivity contribution is 5.89. The molecule has 0 spiro atoms. The minimum atomic E-state index is -0.808. The van der Waals surface area contributed by atoms with Crippen LogP contribution in [0.25, 0.3) is 0 Å². The number of ether oxygens (including phenoxy) is 1. The van der Waals surface area contributed by atoms with Gasteiger partial charge in [0, 0.05) is 32.5 Å². The van der Waals surface area contributed by atoms with Crippen molar-refractivity contribution >= 4 is 35.6 Å². The molecule has 0 saturated carbocycles. The van der Waals surface area contributed by atoms with E-state index in [9.17, 15) is 29.1 Å². The van der Waals surface area contributed by atoms with Gasteiger partial charge >= 0.3 is 11.9 Å². The largest absolute Gasteiger partial charge is 0.481 e. The van der Waals surface area contributed by atoms with Crippen LogP contribution < -0.4 is 33.2 Å².